The van der Waals surface area contributed by atoms with E-state index in [1.165, 1.54) is 0 Å². The van der Waals surface area contributed by atoms with Crippen LogP contribution in [0.3, 0.4) is 0 Å². The standard InChI is InChI=1S/C19H13N3O11/c23-10(24)2-1-7(17(28)29)20-14-13-11(5(16(26)27)3-8(22-13)18(30)31)12-6(15(14)25)4-9(21-12)19(32)33/h3-4,7,21H,1-2H2,(H,23,24)(H,26,27)(H,28,29)(H,30,31)(H,32,33). The highest BCUT2D eigenvalue weighted by Gasteiger charge is 2.38. The molecule has 0 fully saturated rings. The zero-order chi connectivity index (χ0) is 24.6. The summed E-state index contributed by atoms with van der Waals surface area (Å²) in [6.07, 6.45) is -1.17. The number of aromatic nitrogens is 2. The molecule has 0 saturated carbocycles. The Morgan fingerprint density at radius 1 is 0.970 bits per heavy atom. The van der Waals surface area contributed by atoms with Gasteiger partial charge in [0.1, 0.15) is 28.8 Å². The van der Waals surface area contributed by atoms with Crippen molar-refractivity contribution in [1.82, 2.24) is 9.97 Å². The van der Waals surface area contributed by atoms with Gasteiger partial charge in [-0.3, -0.25) is 14.6 Å². The van der Waals surface area contributed by atoms with Crippen LogP contribution in [0.2, 0.25) is 0 Å². The van der Waals surface area contributed by atoms with Crippen molar-refractivity contribution in [3.05, 3.63) is 40.3 Å². The minimum Gasteiger partial charge on any atom is -0.481 e. The van der Waals surface area contributed by atoms with E-state index in [1.54, 1.807) is 0 Å². The van der Waals surface area contributed by atoms with E-state index in [0.717, 1.165) is 6.07 Å². The van der Waals surface area contributed by atoms with Crippen molar-refractivity contribution in [1.29, 1.82) is 0 Å². The molecule has 0 spiro atoms. The van der Waals surface area contributed by atoms with Crippen LogP contribution in [-0.4, -0.2) is 82.9 Å². The number of carbonyl (C=O) groups excluding carboxylic acids is 1. The van der Waals surface area contributed by atoms with Crippen LogP contribution in [0.15, 0.2) is 17.1 Å². The van der Waals surface area contributed by atoms with Gasteiger partial charge in [0.15, 0.2) is 0 Å². The zero-order valence-electron chi connectivity index (χ0n) is 16.2. The first-order chi connectivity index (χ1) is 15.4. The fraction of sp³-hybridized carbons (Fsp3) is 0.158. The molecule has 6 N–H and O–H groups in total. The Kier molecular flexibility index (Phi) is 5.76. The van der Waals surface area contributed by atoms with E-state index in [9.17, 15) is 49.2 Å². The molecule has 2 aromatic rings. The third-order valence-electron chi connectivity index (χ3n) is 4.65. The third kappa shape index (κ3) is 4.16. The molecule has 0 aliphatic heterocycles. The van der Waals surface area contributed by atoms with Gasteiger partial charge < -0.3 is 30.5 Å². The van der Waals surface area contributed by atoms with Gasteiger partial charge in [0, 0.05) is 12.0 Å². The molecule has 14 nitrogen and oxygen atoms in total. The van der Waals surface area contributed by atoms with E-state index < -0.39 is 82.9 Å². The van der Waals surface area contributed by atoms with Crippen molar-refractivity contribution < 1.29 is 54.3 Å². The molecule has 2 aromatic heterocycles. The van der Waals surface area contributed by atoms with Crippen molar-refractivity contribution in [2.24, 2.45) is 4.99 Å². The van der Waals surface area contributed by atoms with Gasteiger partial charge in [-0.1, -0.05) is 0 Å². The van der Waals surface area contributed by atoms with Crippen LogP contribution < -0.4 is 0 Å². The second-order valence-corrected chi connectivity index (χ2v) is 6.76. The highest BCUT2D eigenvalue weighted by Crippen LogP contribution is 2.36. The number of hydrogen-bond donors (Lipinski definition) is 6. The molecule has 14 heteroatoms. The Morgan fingerprint density at radius 2 is 1.64 bits per heavy atom. The van der Waals surface area contributed by atoms with Crippen LogP contribution in [0.1, 0.15) is 60.2 Å². The summed E-state index contributed by atoms with van der Waals surface area (Å²) < 4.78 is 0. The average Bonchev–Trinajstić information content (AvgIpc) is 3.17. The van der Waals surface area contributed by atoms with E-state index >= 15 is 0 Å². The summed E-state index contributed by atoms with van der Waals surface area (Å²) >= 11 is 0. The van der Waals surface area contributed by atoms with Crippen LogP contribution >= 0.6 is 0 Å². The normalized spacial score (nSPS) is 14.3. The Hall–Kier alpha value is -4.88. The number of Topliss-reactive ketones (excluding diaryl/α,β-unsaturated/α-hetero) is 1. The lowest BCUT2D eigenvalue weighted by atomic mass is 9.87. The maximum Gasteiger partial charge on any atom is 0.354 e. The number of nitrogens with zero attached hydrogens (tertiary/aromatic N) is 2. The number of pyridine rings is 1. The lowest BCUT2D eigenvalue weighted by molar-refractivity contribution is -0.139. The molecule has 0 aromatic carbocycles. The predicted molar refractivity (Wildman–Crippen MR) is 104 cm³/mol. The molecule has 2 heterocycles. The second-order valence-electron chi connectivity index (χ2n) is 6.76. The number of hydrogen-bond acceptors (Lipinski definition) is 8. The maximum absolute atomic E-state index is 13.1. The number of nitrogens with one attached hydrogen (secondary N) is 1. The number of carboxylic acids is 5. The number of aliphatic imine (C=N–C) groups is 1. The average molecular weight is 459 g/mol. The van der Waals surface area contributed by atoms with E-state index in [0.29, 0.717) is 6.07 Å². The van der Waals surface area contributed by atoms with Crippen molar-refractivity contribution in [2.75, 3.05) is 0 Å². The number of ketones is 1. The Labute approximate surface area is 181 Å². The van der Waals surface area contributed by atoms with E-state index in [1.807, 2.05) is 0 Å². The summed E-state index contributed by atoms with van der Waals surface area (Å²) in [4.78, 5) is 80.1. The third-order valence-corrected chi connectivity index (χ3v) is 4.65. The first-order valence-electron chi connectivity index (χ1n) is 8.98. The number of aromatic carboxylic acids is 3. The number of aliphatic carboxylic acids is 2. The van der Waals surface area contributed by atoms with Gasteiger partial charge in [0.25, 0.3) is 0 Å². The summed E-state index contributed by atoms with van der Waals surface area (Å²) in [5, 5.41) is 46.4. The minimum atomic E-state index is -1.77. The van der Waals surface area contributed by atoms with Crippen LogP contribution in [0.4, 0.5) is 0 Å². The van der Waals surface area contributed by atoms with Crippen molar-refractivity contribution >= 4 is 41.3 Å². The molecule has 0 bridgehead atoms. The molecule has 0 radical (unpaired) electrons. The van der Waals surface area contributed by atoms with Gasteiger partial charge in [0.2, 0.25) is 5.78 Å². The number of carboxylic acid groups (broad SMARTS) is 5. The van der Waals surface area contributed by atoms with Gasteiger partial charge in [-0.2, -0.15) is 0 Å². The number of aromatic amines is 1. The molecule has 0 amide bonds. The van der Waals surface area contributed by atoms with Crippen LogP contribution in [0.5, 0.6) is 0 Å². The van der Waals surface area contributed by atoms with Gasteiger partial charge >= 0.3 is 29.8 Å². The zero-order valence-corrected chi connectivity index (χ0v) is 16.2. The molecule has 170 valence electrons. The molecule has 33 heavy (non-hydrogen) atoms. The highest BCUT2D eigenvalue weighted by atomic mass is 16.4. The molecule has 1 aliphatic rings. The largest absolute Gasteiger partial charge is 0.481 e. The van der Waals surface area contributed by atoms with E-state index in [-0.39, 0.29) is 16.8 Å². The van der Waals surface area contributed by atoms with Gasteiger partial charge in [0.05, 0.1) is 16.8 Å². The van der Waals surface area contributed by atoms with Crippen LogP contribution in [0, 0.1) is 0 Å². The first kappa shape index (κ1) is 22.8. The fourth-order valence-electron chi connectivity index (χ4n) is 3.21. The fourth-order valence-corrected chi connectivity index (χ4v) is 3.21. The number of rotatable bonds is 8. The number of carbonyl (C=O) groups is 6. The van der Waals surface area contributed by atoms with Crippen LogP contribution in [0.25, 0.3) is 11.3 Å². The highest BCUT2D eigenvalue weighted by molar-refractivity contribution is 6.55. The minimum absolute atomic E-state index is 0.273. The van der Waals surface area contributed by atoms with Crippen molar-refractivity contribution in [3.8, 4) is 11.3 Å². The Bertz CT molecular complexity index is 1290. The molecule has 1 atom stereocenters. The van der Waals surface area contributed by atoms with E-state index in [4.69, 9.17) is 5.11 Å². The summed E-state index contributed by atoms with van der Waals surface area (Å²) in [5.41, 5.74) is -4.27. The Morgan fingerprint density at radius 3 is 2.15 bits per heavy atom. The summed E-state index contributed by atoms with van der Waals surface area (Å²) in [7, 11) is 0. The smallest absolute Gasteiger partial charge is 0.354 e. The SMILES string of the molecule is O=C(O)CCC(N=C1C(=O)c2cc(C(=O)O)[nH]c2-c2c(C(=O)O)cc(C(=O)O)nc21)C(=O)O. The van der Waals surface area contributed by atoms with E-state index in [2.05, 4.69) is 15.0 Å². The molecule has 3 rings (SSSR count). The number of fused-ring (bicyclic) bond motifs is 3. The molecule has 1 unspecified atom stereocenters. The van der Waals surface area contributed by atoms with Crippen LogP contribution in [-0.2, 0) is 9.59 Å². The molecule has 1 aliphatic carbocycles. The topological polar surface area (TPSA) is 245 Å². The predicted octanol–water partition coefficient (Wildman–Crippen LogP) is 0.475. The van der Waals surface area contributed by atoms with Gasteiger partial charge in [-0.25, -0.2) is 24.2 Å². The summed E-state index contributed by atoms with van der Waals surface area (Å²) in [5.74, 6) is -8.77. The molecular formula is C19H13N3O11. The Balaban J connectivity index is 2.38. The lowest BCUT2D eigenvalue weighted by Crippen LogP contribution is -2.30. The molecule has 0 saturated heterocycles. The summed E-state index contributed by atoms with van der Waals surface area (Å²) in [6, 6.07) is -0.181. The van der Waals surface area contributed by atoms with Crippen molar-refractivity contribution in [3.63, 3.8) is 0 Å². The van der Waals surface area contributed by atoms with Gasteiger partial charge in [-0.15, -0.1) is 0 Å². The quantitative estimate of drug-likeness (QED) is 0.315. The number of H-pyrrole nitrogens is 1. The van der Waals surface area contributed by atoms with Gasteiger partial charge in [-0.05, 0) is 18.6 Å². The summed E-state index contributed by atoms with van der Waals surface area (Å²) in [6.45, 7) is 0. The first-order valence-corrected chi connectivity index (χ1v) is 8.98. The molecular weight excluding hydrogens is 446 g/mol. The monoisotopic (exact) mass is 459 g/mol. The lowest BCUT2D eigenvalue weighted by Gasteiger charge is -2.20. The second kappa shape index (κ2) is 8.33. The van der Waals surface area contributed by atoms with Crippen molar-refractivity contribution in [2.45, 2.75) is 18.9 Å². The maximum atomic E-state index is 13.1.